The number of halogens is 2. The molecule has 1 aromatic heterocycles. The summed E-state index contributed by atoms with van der Waals surface area (Å²) in [5.74, 6) is 0. The average Bonchev–Trinajstić information content (AvgIpc) is 2.50. The van der Waals surface area contributed by atoms with Crippen LogP contribution in [0.4, 0.5) is 0 Å². The van der Waals surface area contributed by atoms with E-state index >= 15 is 0 Å². The molecule has 0 amide bonds. The summed E-state index contributed by atoms with van der Waals surface area (Å²) >= 11 is 13.5. The van der Waals surface area contributed by atoms with Crippen LogP contribution in [0.1, 0.15) is 31.4 Å². The summed E-state index contributed by atoms with van der Waals surface area (Å²) in [6, 6.07) is 2.73. The number of rotatable bonds is 4. The molecule has 90 valence electrons. The molecule has 2 rings (SSSR count). The Hall–Kier alpha value is 0.200. The van der Waals surface area contributed by atoms with Gasteiger partial charge in [0.15, 0.2) is 0 Å². The zero-order valence-corrected chi connectivity index (χ0v) is 11.6. The van der Waals surface area contributed by atoms with Gasteiger partial charge in [-0.25, -0.2) is 0 Å². The first-order valence-electron chi connectivity index (χ1n) is 5.33. The molecule has 0 spiro atoms. The summed E-state index contributed by atoms with van der Waals surface area (Å²) in [6.45, 7) is 2.12. The third kappa shape index (κ3) is 2.71. The lowest BCUT2D eigenvalue weighted by atomic mass is 9.88. The zero-order chi connectivity index (χ0) is 11.7. The van der Waals surface area contributed by atoms with E-state index in [1.165, 1.54) is 11.3 Å². The van der Waals surface area contributed by atoms with E-state index in [9.17, 15) is 0 Å². The molecule has 1 N–H and O–H groups in total. The predicted molar refractivity (Wildman–Crippen MR) is 69.7 cm³/mol. The molecule has 1 aliphatic rings. The number of hydrogen-bond donors (Lipinski definition) is 1. The van der Waals surface area contributed by atoms with Crippen molar-refractivity contribution in [3.63, 3.8) is 0 Å². The monoisotopic (exact) mass is 279 g/mol. The number of nitrogens with one attached hydrogen (secondary N) is 1. The van der Waals surface area contributed by atoms with E-state index in [2.05, 4.69) is 12.2 Å². The minimum absolute atomic E-state index is 0.249. The molecule has 1 fully saturated rings. The second-order valence-electron chi connectivity index (χ2n) is 4.19. The highest BCUT2D eigenvalue weighted by atomic mass is 35.5. The fourth-order valence-electron chi connectivity index (χ4n) is 1.99. The Bertz CT molecular complexity index is 363. The molecule has 0 saturated heterocycles. The van der Waals surface area contributed by atoms with Gasteiger partial charge >= 0.3 is 0 Å². The number of thiophene rings is 1. The summed E-state index contributed by atoms with van der Waals surface area (Å²) in [5.41, 5.74) is 1.09. The molecule has 1 aromatic rings. The molecule has 2 nitrogen and oxygen atoms in total. The maximum atomic E-state index is 6.11. The highest BCUT2D eigenvalue weighted by Crippen LogP contribution is 2.36. The van der Waals surface area contributed by atoms with Crippen LogP contribution < -0.4 is 5.32 Å². The minimum Gasteiger partial charge on any atom is -0.381 e. The van der Waals surface area contributed by atoms with Crippen LogP contribution in [0.2, 0.25) is 8.67 Å². The van der Waals surface area contributed by atoms with E-state index in [0.717, 1.165) is 27.1 Å². The third-order valence-electron chi connectivity index (χ3n) is 3.06. The van der Waals surface area contributed by atoms with Crippen molar-refractivity contribution in [2.75, 3.05) is 7.11 Å². The second-order valence-corrected chi connectivity index (χ2v) is 6.48. The van der Waals surface area contributed by atoms with Crippen molar-refractivity contribution < 1.29 is 4.74 Å². The van der Waals surface area contributed by atoms with E-state index in [4.69, 9.17) is 27.9 Å². The van der Waals surface area contributed by atoms with Crippen LogP contribution >= 0.6 is 34.5 Å². The van der Waals surface area contributed by atoms with Gasteiger partial charge in [-0.1, -0.05) is 23.2 Å². The van der Waals surface area contributed by atoms with Gasteiger partial charge in [0.05, 0.1) is 14.8 Å². The molecular weight excluding hydrogens is 265 g/mol. The van der Waals surface area contributed by atoms with E-state index < -0.39 is 0 Å². The Morgan fingerprint density at radius 2 is 2.19 bits per heavy atom. The average molecular weight is 280 g/mol. The SMILES string of the molecule is COC1CC(NC(C)c2cc(Cl)sc2Cl)C1. The number of hydrogen-bond acceptors (Lipinski definition) is 3. The first-order valence-corrected chi connectivity index (χ1v) is 6.91. The fraction of sp³-hybridized carbons (Fsp3) is 0.636. The Morgan fingerprint density at radius 3 is 2.69 bits per heavy atom. The highest BCUT2D eigenvalue weighted by molar-refractivity contribution is 7.20. The first kappa shape index (κ1) is 12.7. The lowest BCUT2D eigenvalue weighted by molar-refractivity contribution is 0.0147. The summed E-state index contributed by atoms with van der Waals surface area (Å²) in [7, 11) is 1.76. The molecule has 1 saturated carbocycles. The molecule has 1 aliphatic carbocycles. The Labute approximate surface area is 110 Å². The minimum atomic E-state index is 0.249. The number of methoxy groups -OCH3 is 1. The van der Waals surface area contributed by atoms with Gasteiger partial charge in [0.2, 0.25) is 0 Å². The molecule has 1 atom stereocenters. The molecule has 0 aromatic carbocycles. The maximum absolute atomic E-state index is 6.11. The van der Waals surface area contributed by atoms with Crippen molar-refractivity contribution in [1.82, 2.24) is 5.32 Å². The van der Waals surface area contributed by atoms with Gasteiger partial charge in [0.25, 0.3) is 0 Å². The number of ether oxygens (including phenoxy) is 1. The summed E-state index contributed by atoms with van der Waals surface area (Å²) < 4.78 is 6.78. The van der Waals surface area contributed by atoms with Gasteiger partial charge in [-0.2, -0.15) is 0 Å². The second kappa shape index (κ2) is 5.23. The Kier molecular flexibility index (Phi) is 4.14. The van der Waals surface area contributed by atoms with Gasteiger partial charge in [0.1, 0.15) is 0 Å². The van der Waals surface area contributed by atoms with Gasteiger partial charge in [-0.05, 0) is 31.4 Å². The first-order chi connectivity index (χ1) is 7.60. The summed E-state index contributed by atoms with van der Waals surface area (Å²) in [5, 5.41) is 3.53. The van der Waals surface area contributed by atoms with Crippen molar-refractivity contribution in [2.24, 2.45) is 0 Å². The molecule has 0 aliphatic heterocycles. The van der Waals surface area contributed by atoms with Crippen molar-refractivity contribution in [3.8, 4) is 0 Å². The van der Waals surface area contributed by atoms with Crippen molar-refractivity contribution >= 4 is 34.5 Å². The molecule has 0 bridgehead atoms. The molecule has 0 radical (unpaired) electrons. The molecule has 16 heavy (non-hydrogen) atoms. The van der Waals surface area contributed by atoms with Crippen LogP contribution in [0.3, 0.4) is 0 Å². The standard InChI is InChI=1S/C11H15Cl2NOS/c1-6(9-5-10(12)16-11(9)13)14-7-3-8(4-7)15-2/h5-8,14H,3-4H2,1-2H3. The van der Waals surface area contributed by atoms with E-state index in [1.54, 1.807) is 7.11 Å². The van der Waals surface area contributed by atoms with E-state index in [-0.39, 0.29) is 6.04 Å². The smallest absolute Gasteiger partial charge is 0.0991 e. The van der Waals surface area contributed by atoms with Gasteiger partial charge < -0.3 is 10.1 Å². The van der Waals surface area contributed by atoms with Gasteiger partial charge in [0, 0.05) is 19.2 Å². The van der Waals surface area contributed by atoms with Crippen molar-refractivity contribution in [2.45, 2.75) is 38.0 Å². The maximum Gasteiger partial charge on any atom is 0.0991 e. The van der Waals surface area contributed by atoms with Crippen LogP contribution in [0.5, 0.6) is 0 Å². The van der Waals surface area contributed by atoms with E-state index in [0.29, 0.717) is 12.1 Å². The quantitative estimate of drug-likeness (QED) is 0.903. The van der Waals surface area contributed by atoms with Gasteiger partial charge in [-0.3, -0.25) is 0 Å². The third-order valence-corrected chi connectivity index (χ3v) is 4.58. The summed E-state index contributed by atoms with van der Waals surface area (Å²) in [6.07, 6.45) is 2.58. The van der Waals surface area contributed by atoms with Gasteiger partial charge in [-0.15, -0.1) is 11.3 Å². The Morgan fingerprint density at radius 1 is 1.50 bits per heavy atom. The van der Waals surface area contributed by atoms with Crippen LogP contribution in [0.15, 0.2) is 6.07 Å². The summed E-state index contributed by atoms with van der Waals surface area (Å²) in [4.78, 5) is 0. The van der Waals surface area contributed by atoms with Crippen LogP contribution in [0.25, 0.3) is 0 Å². The van der Waals surface area contributed by atoms with Crippen molar-refractivity contribution in [3.05, 3.63) is 20.3 Å². The van der Waals surface area contributed by atoms with Crippen molar-refractivity contribution in [1.29, 1.82) is 0 Å². The lowest BCUT2D eigenvalue weighted by Crippen LogP contribution is -2.45. The molecule has 1 unspecified atom stereocenters. The molecule has 5 heteroatoms. The van der Waals surface area contributed by atoms with Crippen LogP contribution in [-0.4, -0.2) is 19.3 Å². The zero-order valence-electron chi connectivity index (χ0n) is 9.30. The molecule has 1 heterocycles. The van der Waals surface area contributed by atoms with Crippen LogP contribution in [-0.2, 0) is 4.74 Å². The predicted octanol–water partition coefficient (Wildman–Crippen LogP) is 3.88. The Balaban J connectivity index is 1.89. The fourth-order valence-corrected chi connectivity index (χ4v) is 3.63. The topological polar surface area (TPSA) is 21.3 Å². The normalized spacial score (nSPS) is 26.5. The van der Waals surface area contributed by atoms with Crippen LogP contribution in [0, 0.1) is 0 Å². The molecular formula is C11H15Cl2NOS. The highest BCUT2D eigenvalue weighted by Gasteiger charge is 2.30. The lowest BCUT2D eigenvalue weighted by Gasteiger charge is -2.36. The largest absolute Gasteiger partial charge is 0.381 e. The van der Waals surface area contributed by atoms with E-state index in [1.807, 2.05) is 6.07 Å².